The molecule has 0 saturated heterocycles. The van der Waals surface area contributed by atoms with Gasteiger partial charge in [0, 0.05) is 30.2 Å². The highest BCUT2D eigenvalue weighted by atomic mass is 35.5. The second-order valence-corrected chi connectivity index (χ2v) is 5.06. The van der Waals surface area contributed by atoms with Gasteiger partial charge in [0.1, 0.15) is 0 Å². The Labute approximate surface area is 113 Å². The zero-order valence-electron chi connectivity index (χ0n) is 11.0. The van der Waals surface area contributed by atoms with Crippen LogP contribution in [0, 0.1) is 6.92 Å². The van der Waals surface area contributed by atoms with Gasteiger partial charge in [0.15, 0.2) is 0 Å². The third-order valence-electron chi connectivity index (χ3n) is 3.07. The van der Waals surface area contributed by atoms with E-state index < -0.39 is 0 Å². The number of hydrogen-bond donors (Lipinski definition) is 1. The molecule has 3 nitrogen and oxygen atoms in total. The lowest BCUT2D eigenvalue weighted by atomic mass is 10.0. The average molecular weight is 264 g/mol. The Kier molecular flexibility index (Phi) is 3.73. The highest BCUT2D eigenvalue weighted by molar-refractivity contribution is 6.31. The topological polar surface area (TPSA) is 42.2 Å². The Morgan fingerprint density at radius 1 is 1.33 bits per heavy atom. The third-order valence-corrected chi connectivity index (χ3v) is 3.30. The molecule has 1 aromatic carbocycles. The van der Waals surface area contributed by atoms with E-state index >= 15 is 0 Å². The van der Waals surface area contributed by atoms with Crippen molar-refractivity contribution in [2.45, 2.75) is 13.3 Å². The lowest BCUT2D eigenvalue weighted by Crippen LogP contribution is -2.16. The summed E-state index contributed by atoms with van der Waals surface area (Å²) in [6.45, 7) is 2.65. The van der Waals surface area contributed by atoms with Crippen molar-refractivity contribution in [3.63, 3.8) is 0 Å². The minimum absolute atomic E-state index is 0.627. The number of hydrogen-bond acceptors (Lipinski definition) is 3. The van der Waals surface area contributed by atoms with Crippen LogP contribution in [-0.4, -0.2) is 25.6 Å². The normalized spacial score (nSPS) is 10.9. The highest BCUT2D eigenvalue weighted by Gasteiger charge is 2.13. The van der Waals surface area contributed by atoms with Gasteiger partial charge in [-0.2, -0.15) is 0 Å². The summed E-state index contributed by atoms with van der Waals surface area (Å²) in [5, 5.41) is 1.84. The van der Waals surface area contributed by atoms with Crippen LogP contribution in [0.15, 0.2) is 18.2 Å². The standard InChI is InChI=1S/C14H18ClN3/c1-9-11(6-7-16)14(18(2)3)12-5-4-10(15)8-13(12)17-9/h4-5,8H,6-7,16H2,1-3H3. The molecule has 0 aliphatic heterocycles. The number of fused-ring (bicyclic) bond motifs is 1. The van der Waals surface area contributed by atoms with Crippen LogP contribution in [0.5, 0.6) is 0 Å². The number of nitrogens with two attached hydrogens (primary N) is 1. The van der Waals surface area contributed by atoms with Crippen LogP contribution in [-0.2, 0) is 6.42 Å². The fourth-order valence-corrected chi connectivity index (χ4v) is 2.50. The van der Waals surface area contributed by atoms with Crippen molar-refractivity contribution in [2.24, 2.45) is 5.73 Å². The SMILES string of the molecule is Cc1nc2cc(Cl)ccc2c(N(C)C)c1CCN. The van der Waals surface area contributed by atoms with Gasteiger partial charge in [-0.25, -0.2) is 0 Å². The fourth-order valence-electron chi connectivity index (χ4n) is 2.33. The molecule has 0 atom stereocenters. The Morgan fingerprint density at radius 2 is 2.06 bits per heavy atom. The predicted molar refractivity (Wildman–Crippen MR) is 78.6 cm³/mol. The van der Waals surface area contributed by atoms with Gasteiger partial charge in [-0.1, -0.05) is 11.6 Å². The summed E-state index contributed by atoms with van der Waals surface area (Å²) in [7, 11) is 4.09. The van der Waals surface area contributed by atoms with Crippen LogP contribution >= 0.6 is 11.6 Å². The fraction of sp³-hybridized carbons (Fsp3) is 0.357. The molecule has 0 radical (unpaired) electrons. The molecule has 1 heterocycles. The molecule has 0 saturated carbocycles. The van der Waals surface area contributed by atoms with Gasteiger partial charge in [0.2, 0.25) is 0 Å². The van der Waals surface area contributed by atoms with Gasteiger partial charge in [0.05, 0.1) is 11.2 Å². The van der Waals surface area contributed by atoms with E-state index in [1.165, 1.54) is 11.3 Å². The van der Waals surface area contributed by atoms with Crippen molar-refractivity contribution in [2.75, 3.05) is 25.5 Å². The van der Waals surface area contributed by atoms with Gasteiger partial charge in [-0.3, -0.25) is 4.98 Å². The minimum Gasteiger partial charge on any atom is -0.377 e. The molecule has 2 rings (SSSR count). The molecular formula is C14H18ClN3. The zero-order valence-corrected chi connectivity index (χ0v) is 11.8. The average Bonchev–Trinajstić information content (AvgIpc) is 2.29. The number of benzene rings is 1. The van der Waals surface area contributed by atoms with E-state index in [4.69, 9.17) is 17.3 Å². The Bertz CT molecular complexity index is 579. The van der Waals surface area contributed by atoms with Gasteiger partial charge >= 0.3 is 0 Å². The van der Waals surface area contributed by atoms with E-state index in [2.05, 4.69) is 9.88 Å². The molecule has 0 aliphatic rings. The number of aryl methyl sites for hydroxylation is 1. The molecule has 0 bridgehead atoms. The first kappa shape index (κ1) is 13.1. The van der Waals surface area contributed by atoms with Crippen LogP contribution in [0.2, 0.25) is 5.02 Å². The number of aromatic nitrogens is 1. The van der Waals surface area contributed by atoms with Crippen molar-refractivity contribution >= 4 is 28.2 Å². The number of pyridine rings is 1. The van der Waals surface area contributed by atoms with Gasteiger partial charge in [0.25, 0.3) is 0 Å². The van der Waals surface area contributed by atoms with Gasteiger partial charge < -0.3 is 10.6 Å². The number of rotatable bonds is 3. The molecular weight excluding hydrogens is 246 g/mol. The molecule has 0 fully saturated rings. The first-order chi connectivity index (χ1) is 8.54. The van der Waals surface area contributed by atoms with Gasteiger partial charge in [-0.15, -0.1) is 0 Å². The summed E-state index contributed by atoms with van der Waals surface area (Å²) in [6, 6.07) is 5.84. The first-order valence-corrected chi connectivity index (χ1v) is 6.38. The van der Waals surface area contributed by atoms with Crippen molar-refractivity contribution in [3.05, 3.63) is 34.5 Å². The lowest BCUT2D eigenvalue weighted by Gasteiger charge is -2.21. The van der Waals surface area contributed by atoms with E-state index in [0.29, 0.717) is 11.6 Å². The van der Waals surface area contributed by atoms with Crippen molar-refractivity contribution < 1.29 is 0 Å². The third kappa shape index (κ3) is 2.28. The maximum absolute atomic E-state index is 6.03. The summed E-state index contributed by atoms with van der Waals surface area (Å²) in [5.74, 6) is 0. The Hall–Kier alpha value is -1.32. The maximum Gasteiger partial charge on any atom is 0.0741 e. The molecule has 18 heavy (non-hydrogen) atoms. The number of nitrogens with zero attached hydrogens (tertiary/aromatic N) is 2. The maximum atomic E-state index is 6.03. The van der Waals surface area contributed by atoms with Crippen molar-refractivity contribution in [1.29, 1.82) is 0 Å². The van der Waals surface area contributed by atoms with E-state index in [0.717, 1.165) is 23.0 Å². The summed E-state index contributed by atoms with van der Waals surface area (Å²) >= 11 is 6.03. The Morgan fingerprint density at radius 3 is 2.67 bits per heavy atom. The summed E-state index contributed by atoms with van der Waals surface area (Å²) in [6.07, 6.45) is 0.838. The number of halogens is 1. The molecule has 96 valence electrons. The molecule has 0 unspecified atom stereocenters. The molecule has 2 aromatic rings. The Balaban J connectivity index is 2.80. The monoisotopic (exact) mass is 263 g/mol. The molecule has 0 spiro atoms. The van der Waals surface area contributed by atoms with Crippen LogP contribution in [0.1, 0.15) is 11.3 Å². The number of anilines is 1. The molecule has 0 aliphatic carbocycles. The van der Waals surface area contributed by atoms with Crippen LogP contribution in [0.4, 0.5) is 5.69 Å². The van der Waals surface area contributed by atoms with Crippen molar-refractivity contribution in [1.82, 2.24) is 4.98 Å². The van der Waals surface area contributed by atoms with Crippen molar-refractivity contribution in [3.8, 4) is 0 Å². The predicted octanol–water partition coefficient (Wildman–Crippen LogP) is 2.76. The second-order valence-electron chi connectivity index (χ2n) is 4.62. The summed E-state index contributed by atoms with van der Waals surface area (Å²) in [5.41, 5.74) is 10.1. The molecule has 2 N–H and O–H groups in total. The zero-order chi connectivity index (χ0) is 13.3. The molecule has 4 heteroatoms. The smallest absolute Gasteiger partial charge is 0.0741 e. The molecule has 1 aromatic heterocycles. The largest absolute Gasteiger partial charge is 0.377 e. The lowest BCUT2D eigenvalue weighted by molar-refractivity contribution is 0.933. The van der Waals surface area contributed by atoms with E-state index in [9.17, 15) is 0 Å². The quantitative estimate of drug-likeness (QED) is 0.926. The molecule has 0 amide bonds. The van der Waals surface area contributed by atoms with Crippen LogP contribution in [0.3, 0.4) is 0 Å². The summed E-state index contributed by atoms with van der Waals surface area (Å²) < 4.78 is 0. The second kappa shape index (κ2) is 5.12. The van der Waals surface area contributed by atoms with Crippen LogP contribution in [0.25, 0.3) is 10.9 Å². The van der Waals surface area contributed by atoms with E-state index in [1.807, 2.05) is 39.2 Å². The first-order valence-electron chi connectivity index (χ1n) is 6.00. The minimum atomic E-state index is 0.627. The summed E-state index contributed by atoms with van der Waals surface area (Å²) in [4.78, 5) is 6.75. The van der Waals surface area contributed by atoms with Gasteiger partial charge in [-0.05, 0) is 43.7 Å². The van der Waals surface area contributed by atoms with E-state index in [1.54, 1.807) is 0 Å². The van der Waals surface area contributed by atoms with Crippen LogP contribution < -0.4 is 10.6 Å². The van der Waals surface area contributed by atoms with E-state index in [-0.39, 0.29) is 0 Å². The highest BCUT2D eigenvalue weighted by Crippen LogP contribution is 2.32.